The molecule has 0 aromatic heterocycles. The zero-order valence-electron chi connectivity index (χ0n) is 64.7. The second-order valence-corrected chi connectivity index (χ2v) is 53.7. The molecule has 1 atom stereocenters. The van der Waals surface area contributed by atoms with E-state index in [-0.39, 0.29) is 39.0 Å². The number of alkyl halides is 3. The summed E-state index contributed by atoms with van der Waals surface area (Å²) >= 11 is 0. The molecule has 0 saturated carbocycles. The van der Waals surface area contributed by atoms with Gasteiger partial charge in [-0.3, -0.25) is 4.79 Å². The van der Waals surface area contributed by atoms with Crippen LogP contribution >= 0.6 is 0 Å². The lowest BCUT2D eigenvalue weighted by Gasteiger charge is -2.48. The Morgan fingerprint density at radius 2 is 0.782 bits per heavy atom. The highest BCUT2D eigenvalue weighted by Crippen LogP contribution is 2.54. The number of rotatable bonds is 6. The zero-order chi connectivity index (χ0) is 79.1. The van der Waals surface area contributed by atoms with Gasteiger partial charge in [-0.2, -0.15) is 21.6 Å². The number of ketones is 1. The third-order valence-electron chi connectivity index (χ3n) is 24.2. The summed E-state index contributed by atoms with van der Waals surface area (Å²) in [5, 5.41) is 27.9. The number of phenols is 2. The zero-order valence-corrected chi connectivity index (χ0v) is 69.5. The Bertz CT molecular complexity index is 5210. The molecule has 0 amide bonds. The summed E-state index contributed by atoms with van der Waals surface area (Å²) in [6, 6.07) is 49.5. The van der Waals surface area contributed by atoms with Crippen LogP contribution in [-0.4, -0.2) is 97.5 Å². The minimum absolute atomic E-state index is 0.155. The fourth-order valence-electron chi connectivity index (χ4n) is 18.4. The van der Waals surface area contributed by atoms with Crippen LogP contribution in [0, 0.1) is 13.8 Å². The molecular weight excluding hydrogens is 1490 g/mol. The van der Waals surface area contributed by atoms with Crippen molar-refractivity contribution in [2.24, 2.45) is 0 Å². The highest BCUT2D eigenvalue weighted by atomic mass is 32.2. The minimum Gasteiger partial charge on any atom is -0.544 e. The predicted molar refractivity (Wildman–Crippen MR) is 428 cm³/mol. The Hall–Kier alpha value is -8.88. The van der Waals surface area contributed by atoms with E-state index in [2.05, 4.69) is 81.4 Å². The van der Waals surface area contributed by atoms with Crippen LogP contribution < -0.4 is 39.7 Å². The number of phenolic OH excluding ortho intramolecular Hbond substituents is 2. The molecule has 576 valence electrons. The molecule has 5 spiro atoms. The molecule has 0 aliphatic carbocycles. The van der Waals surface area contributed by atoms with Crippen LogP contribution in [0.15, 0.2) is 146 Å². The highest BCUT2D eigenvalue weighted by molar-refractivity contribution is 7.88. The topological polar surface area (TPSA) is 215 Å². The van der Waals surface area contributed by atoms with Crippen molar-refractivity contribution in [2.75, 3.05) is 0 Å². The summed E-state index contributed by atoms with van der Waals surface area (Å²) in [6.07, 6.45) is 9.99. The maximum atomic E-state index is 13.6. The van der Waals surface area contributed by atoms with E-state index in [1.54, 1.807) is 84.0 Å². The molecule has 0 bridgehead atoms. The Kier molecular flexibility index (Phi) is 19.5. The van der Waals surface area contributed by atoms with E-state index < -0.39 is 100 Å². The Morgan fingerprint density at radius 3 is 1.21 bits per heavy atom. The van der Waals surface area contributed by atoms with E-state index in [1.165, 1.54) is 71.6 Å². The molecular formula is C87H95F3O15SSi4. The standard InChI is InChI=1S/C32H31F3O7SSi.C30H30O6Si.C25H34O2Si2/c1-19-8-11-24-26(16-19)44(14-6-5-7-15-44)27-18-21(42-43(38,39)32(33,34)35)10-13-25(27)31(24)23-12-9-20(17-22(23)29(37)41-31)28(36)40-30(2,3)4;1-29(2,3)35-27(33)18-7-10-22-21(15-18)28(34)36-30(22)23-11-8-19(31)16-25(23)37(13-5-4-6-14-37)26-17-20(32)9-12-24(26)30;1-18-10-12-20-22(16-18)29(14-8-7-9-15-29)23-17-19(11-13-21(23)24(20)26)27-28(5,6)25(2,3)4/h8-13,16-18H,5-7,14-15H2,1-4H3;7-12,15-17,31-32H,4-6,13-14H2,1-3H3;10-13,16-17H,7-9,14-15H2,1-6H3. The molecule has 8 heterocycles. The van der Waals surface area contributed by atoms with Gasteiger partial charge in [-0.25, -0.2) is 19.2 Å². The average Bonchev–Trinajstić information content (AvgIpc) is 1.37. The van der Waals surface area contributed by atoms with Crippen LogP contribution in [0.1, 0.15) is 222 Å². The van der Waals surface area contributed by atoms with Gasteiger partial charge in [0.25, 0.3) is 0 Å². The summed E-state index contributed by atoms with van der Waals surface area (Å²) in [7, 11) is -14.8. The normalized spacial score (nSPS) is 19.3. The van der Waals surface area contributed by atoms with Crippen molar-refractivity contribution in [1.29, 1.82) is 0 Å². The molecule has 8 aliphatic rings. The number of aromatic hydroxyl groups is 2. The van der Waals surface area contributed by atoms with E-state index in [0.29, 0.717) is 27.4 Å². The molecule has 8 aromatic rings. The van der Waals surface area contributed by atoms with Gasteiger partial charge in [0.05, 0.1) is 22.3 Å². The van der Waals surface area contributed by atoms with Gasteiger partial charge in [0.2, 0.25) is 8.32 Å². The van der Waals surface area contributed by atoms with Gasteiger partial charge in [0.1, 0.15) is 58.4 Å². The summed E-state index contributed by atoms with van der Waals surface area (Å²) in [5.41, 5.74) is -0.380. The fraction of sp³-hybridized carbons (Fsp3) is 0.391. The Balaban J connectivity index is 0.000000140. The van der Waals surface area contributed by atoms with Crippen molar-refractivity contribution in [1.82, 2.24) is 0 Å². The monoisotopic (exact) mass is 1580 g/mol. The number of halogens is 3. The van der Waals surface area contributed by atoms with Crippen LogP contribution in [0.3, 0.4) is 0 Å². The van der Waals surface area contributed by atoms with Crippen molar-refractivity contribution in [3.05, 3.63) is 223 Å². The lowest BCUT2D eigenvalue weighted by molar-refractivity contribution is -0.0500. The third-order valence-corrected chi connectivity index (χ3v) is 45.5. The third kappa shape index (κ3) is 13.2. The van der Waals surface area contributed by atoms with E-state index >= 15 is 0 Å². The summed E-state index contributed by atoms with van der Waals surface area (Å²) < 4.78 is 98.8. The van der Waals surface area contributed by atoms with Crippen LogP contribution in [0.4, 0.5) is 13.2 Å². The number of hydrogen-bond acceptors (Lipinski definition) is 15. The predicted octanol–water partition coefficient (Wildman–Crippen LogP) is 15.9. The first-order valence-electron chi connectivity index (χ1n) is 38.3. The van der Waals surface area contributed by atoms with Gasteiger partial charge < -0.3 is 37.8 Å². The van der Waals surface area contributed by atoms with Crippen molar-refractivity contribution < 1.29 is 83.3 Å². The number of esters is 4. The molecule has 8 aromatic carbocycles. The van der Waals surface area contributed by atoms with Gasteiger partial charge in [0, 0.05) is 44.5 Å². The molecule has 2 N–H and O–H groups in total. The summed E-state index contributed by atoms with van der Waals surface area (Å²) in [4.78, 5) is 66.1. The number of carbonyl (C=O) groups excluding carboxylic acids is 5. The molecule has 3 fully saturated rings. The molecule has 16 rings (SSSR count). The smallest absolute Gasteiger partial charge is 0.534 e. The van der Waals surface area contributed by atoms with Crippen molar-refractivity contribution in [2.45, 2.75) is 216 Å². The fourth-order valence-corrected chi connectivity index (χ4v) is 37.0. The second-order valence-electron chi connectivity index (χ2n) is 34.7. The van der Waals surface area contributed by atoms with E-state index in [4.69, 9.17) is 23.4 Å². The van der Waals surface area contributed by atoms with Gasteiger partial charge >= 0.3 is 39.5 Å². The minimum atomic E-state index is -5.91. The highest BCUT2D eigenvalue weighted by Gasteiger charge is 2.61. The molecule has 23 heteroatoms. The number of hydrogen-bond donors (Lipinski definition) is 2. The first kappa shape index (κ1) is 77.8. The Morgan fingerprint density at radius 1 is 0.436 bits per heavy atom. The van der Waals surface area contributed by atoms with Gasteiger partial charge in [-0.15, -0.1) is 0 Å². The summed E-state index contributed by atoms with van der Waals surface area (Å²) in [5.74, 6) is -1.19. The maximum Gasteiger partial charge on any atom is 0.534 e. The molecule has 8 aliphatic heterocycles. The van der Waals surface area contributed by atoms with Crippen LogP contribution in [0.5, 0.6) is 23.0 Å². The van der Waals surface area contributed by atoms with Crippen molar-refractivity contribution in [3.63, 3.8) is 0 Å². The van der Waals surface area contributed by atoms with Crippen molar-refractivity contribution >= 4 is 103 Å². The second kappa shape index (κ2) is 27.5. The van der Waals surface area contributed by atoms with Gasteiger partial charge in [-0.05, 0) is 220 Å². The number of benzene rings is 8. The quantitative estimate of drug-likeness (QED) is 0.0520. The lowest BCUT2D eigenvalue weighted by atomic mass is 9.78. The van der Waals surface area contributed by atoms with E-state index in [1.807, 2.05) is 49.4 Å². The SMILES string of the molecule is CC(C)(C)OC(=O)c1ccc2c(c1)C(=O)OC21c2ccc(O)cc2[Si]2(CCCCC2)c2cc(O)ccc21.Cc1ccc2c(c1)[Si]1(CCCCC1)c1cc(OS(=O)(=O)C(F)(F)F)ccc1C21OC(=O)c2cc(C(=O)OC(C)(C)C)ccc21.Cc1ccc2c(c1)[Si]1(CCCCC1)c1cc(O[Si](C)(C)C(C)(C)C)ccc1C2=O. The van der Waals surface area contributed by atoms with Crippen LogP contribution in [0.25, 0.3) is 0 Å². The molecule has 3 saturated heterocycles. The largest absolute Gasteiger partial charge is 0.544 e. The molecule has 110 heavy (non-hydrogen) atoms. The van der Waals surface area contributed by atoms with E-state index in [0.717, 1.165) is 117 Å². The lowest BCUT2D eigenvalue weighted by Crippen LogP contribution is -2.67. The van der Waals surface area contributed by atoms with Gasteiger partial charge in [-0.1, -0.05) is 156 Å². The number of aryl methyl sites for hydroxylation is 2. The van der Waals surface area contributed by atoms with Gasteiger partial charge in [0.15, 0.2) is 17.0 Å². The van der Waals surface area contributed by atoms with Crippen LogP contribution in [-0.2, 0) is 40.3 Å². The molecule has 0 radical (unpaired) electrons. The number of ether oxygens (including phenoxy) is 4. The number of carbonyl (C=O) groups is 5. The van der Waals surface area contributed by atoms with Crippen LogP contribution in [0.2, 0.25) is 54.4 Å². The van der Waals surface area contributed by atoms with Crippen molar-refractivity contribution in [3.8, 4) is 23.0 Å². The maximum absolute atomic E-state index is 13.6. The average molecular weight is 1580 g/mol. The number of fused-ring (bicyclic) bond motifs is 20. The molecule has 15 nitrogen and oxygen atoms in total. The Labute approximate surface area is 645 Å². The molecule has 1 unspecified atom stereocenters. The van der Waals surface area contributed by atoms with E-state index in [9.17, 15) is 55.8 Å². The summed E-state index contributed by atoms with van der Waals surface area (Å²) in [6.45, 7) is 26.1. The first-order chi connectivity index (χ1) is 51.6. The first-order valence-corrected chi connectivity index (χ1v) is 49.8.